The summed E-state index contributed by atoms with van der Waals surface area (Å²) in [6.45, 7) is 2.98. The quantitative estimate of drug-likeness (QED) is 0.601. The number of nitrogens with zero attached hydrogens (tertiary/aromatic N) is 1. The van der Waals surface area contributed by atoms with Crippen molar-refractivity contribution in [1.29, 1.82) is 0 Å². The number of rotatable bonds is 2. The van der Waals surface area contributed by atoms with Gasteiger partial charge >= 0.3 is 0 Å². The Kier molecular flexibility index (Phi) is 3.84. The molecule has 0 atom stereocenters. The Labute approximate surface area is 110 Å². The highest BCUT2D eigenvalue weighted by Crippen LogP contribution is 2.27. The summed E-state index contributed by atoms with van der Waals surface area (Å²) >= 11 is 2.36. The molecule has 1 aliphatic heterocycles. The molecule has 86 valence electrons. The molecule has 0 N–H and O–H groups in total. The first-order valence-electron chi connectivity index (χ1n) is 5.68. The van der Waals surface area contributed by atoms with Gasteiger partial charge in [-0.15, -0.1) is 0 Å². The van der Waals surface area contributed by atoms with E-state index >= 15 is 0 Å². The van der Waals surface area contributed by atoms with Crippen molar-refractivity contribution in [3.05, 3.63) is 29.3 Å². The van der Waals surface area contributed by atoms with Gasteiger partial charge in [0, 0.05) is 23.1 Å². The lowest BCUT2D eigenvalue weighted by Gasteiger charge is -2.28. The van der Waals surface area contributed by atoms with Gasteiger partial charge < -0.3 is 4.90 Å². The molecule has 0 aromatic heterocycles. The standard InChI is InChI=1S/C13H16INO/c1-10-5-6-12(11(8-10)9-14)15-7-3-2-4-13(15)16/h5-6,8H,2-4,7,9H2,1H3. The molecule has 1 aliphatic rings. The van der Waals surface area contributed by atoms with Crippen LogP contribution >= 0.6 is 22.6 Å². The molecule has 0 unspecified atom stereocenters. The minimum atomic E-state index is 0.279. The molecule has 3 heteroatoms. The number of carbonyl (C=O) groups excluding carboxylic acids is 1. The first-order valence-corrected chi connectivity index (χ1v) is 7.21. The highest BCUT2D eigenvalue weighted by Gasteiger charge is 2.21. The Morgan fingerprint density at radius 1 is 1.38 bits per heavy atom. The summed E-state index contributed by atoms with van der Waals surface area (Å²) in [5, 5.41) is 0. The van der Waals surface area contributed by atoms with Crippen LogP contribution in [-0.2, 0) is 9.22 Å². The van der Waals surface area contributed by atoms with Crippen LogP contribution in [0.15, 0.2) is 18.2 Å². The molecular formula is C13H16INO. The molecule has 1 aromatic rings. The number of alkyl halides is 1. The summed E-state index contributed by atoms with van der Waals surface area (Å²) < 4.78 is 0.957. The molecular weight excluding hydrogens is 313 g/mol. The molecule has 2 rings (SSSR count). The second-order valence-electron chi connectivity index (χ2n) is 4.27. The Balaban J connectivity index is 2.34. The summed E-state index contributed by atoms with van der Waals surface area (Å²) in [4.78, 5) is 13.8. The number of carbonyl (C=O) groups is 1. The molecule has 16 heavy (non-hydrogen) atoms. The summed E-state index contributed by atoms with van der Waals surface area (Å²) in [5.74, 6) is 0.279. The Hall–Kier alpha value is -0.580. The van der Waals surface area contributed by atoms with Gasteiger partial charge in [-0.05, 0) is 31.4 Å². The number of anilines is 1. The van der Waals surface area contributed by atoms with Crippen LogP contribution in [0.4, 0.5) is 5.69 Å². The number of hydrogen-bond donors (Lipinski definition) is 0. The average molecular weight is 329 g/mol. The zero-order chi connectivity index (χ0) is 11.5. The van der Waals surface area contributed by atoms with Crippen molar-refractivity contribution in [2.24, 2.45) is 0 Å². The van der Waals surface area contributed by atoms with Crippen LogP contribution in [0.5, 0.6) is 0 Å². The minimum absolute atomic E-state index is 0.279. The minimum Gasteiger partial charge on any atom is -0.312 e. The van der Waals surface area contributed by atoms with Gasteiger partial charge in [-0.25, -0.2) is 0 Å². The van der Waals surface area contributed by atoms with Crippen LogP contribution in [0.2, 0.25) is 0 Å². The van der Waals surface area contributed by atoms with Gasteiger partial charge in [-0.1, -0.05) is 40.3 Å². The highest BCUT2D eigenvalue weighted by molar-refractivity contribution is 14.1. The van der Waals surface area contributed by atoms with Gasteiger partial charge in [-0.2, -0.15) is 0 Å². The molecule has 0 bridgehead atoms. The van der Waals surface area contributed by atoms with E-state index in [0.717, 1.165) is 29.5 Å². The largest absolute Gasteiger partial charge is 0.312 e. The summed E-state index contributed by atoms with van der Waals surface area (Å²) in [6, 6.07) is 6.36. The van der Waals surface area contributed by atoms with E-state index in [1.807, 2.05) is 4.90 Å². The van der Waals surface area contributed by atoms with Gasteiger partial charge in [0.2, 0.25) is 5.91 Å². The van der Waals surface area contributed by atoms with E-state index in [-0.39, 0.29) is 5.91 Å². The van der Waals surface area contributed by atoms with Crippen LogP contribution in [0, 0.1) is 6.92 Å². The van der Waals surface area contributed by atoms with Crippen molar-refractivity contribution >= 4 is 34.2 Å². The van der Waals surface area contributed by atoms with Gasteiger partial charge in [0.15, 0.2) is 0 Å². The van der Waals surface area contributed by atoms with Crippen LogP contribution in [0.25, 0.3) is 0 Å². The van der Waals surface area contributed by atoms with Gasteiger partial charge in [0.05, 0.1) is 0 Å². The fourth-order valence-corrected chi connectivity index (χ4v) is 2.76. The number of aryl methyl sites for hydroxylation is 1. The molecule has 1 heterocycles. The number of piperidine rings is 1. The van der Waals surface area contributed by atoms with Gasteiger partial charge in [0.1, 0.15) is 0 Å². The summed E-state index contributed by atoms with van der Waals surface area (Å²) in [6.07, 6.45) is 2.87. The monoisotopic (exact) mass is 329 g/mol. The maximum atomic E-state index is 11.9. The van der Waals surface area contributed by atoms with E-state index in [1.165, 1.54) is 11.1 Å². The predicted molar refractivity (Wildman–Crippen MR) is 75.1 cm³/mol. The van der Waals surface area contributed by atoms with E-state index in [4.69, 9.17) is 0 Å². The lowest BCUT2D eigenvalue weighted by Crippen LogP contribution is -2.35. The molecule has 1 saturated heterocycles. The molecule has 1 aromatic carbocycles. The van der Waals surface area contributed by atoms with Crippen molar-refractivity contribution in [1.82, 2.24) is 0 Å². The maximum absolute atomic E-state index is 11.9. The second kappa shape index (κ2) is 5.17. The molecule has 0 spiro atoms. The predicted octanol–water partition coefficient (Wildman–Crippen LogP) is 3.45. The zero-order valence-corrected chi connectivity index (χ0v) is 11.7. The molecule has 0 saturated carbocycles. The summed E-state index contributed by atoms with van der Waals surface area (Å²) in [5.41, 5.74) is 3.65. The van der Waals surface area contributed by atoms with Crippen LogP contribution in [0.3, 0.4) is 0 Å². The zero-order valence-electron chi connectivity index (χ0n) is 9.50. The van der Waals surface area contributed by atoms with Crippen molar-refractivity contribution in [2.75, 3.05) is 11.4 Å². The SMILES string of the molecule is Cc1ccc(N2CCCCC2=O)c(CI)c1. The van der Waals surface area contributed by atoms with Gasteiger partial charge in [0.25, 0.3) is 0 Å². The Bertz CT molecular complexity index is 403. The van der Waals surface area contributed by atoms with E-state index in [1.54, 1.807) is 0 Å². The van der Waals surface area contributed by atoms with Crippen molar-refractivity contribution < 1.29 is 4.79 Å². The molecule has 0 radical (unpaired) electrons. The van der Waals surface area contributed by atoms with E-state index in [2.05, 4.69) is 47.7 Å². The highest BCUT2D eigenvalue weighted by atomic mass is 127. The maximum Gasteiger partial charge on any atom is 0.226 e. The molecule has 2 nitrogen and oxygen atoms in total. The van der Waals surface area contributed by atoms with Crippen molar-refractivity contribution in [3.63, 3.8) is 0 Å². The first kappa shape index (κ1) is 11.9. The lowest BCUT2D eigenvalue weighted by atomic mass is 10.1. The third-order valence-electron chi connectivity index (χ3n) is 2.99. The third-order valence-corrected chi connectivity index (χ3v) is 3.81. The van der Waals surface area contributed by atoms with E-state index in [9.17, 15) is 4.79 Å². The van der Waals surface area contributed by atoms with E-state index in [0.29, 0.717) is 6.42 Å². The Morgan fingerprint density at radius 2 is 2.19 bits per heavy atom. The molecule has 1 amide bonds. The van der Waals surface area contributed by atoms with Crippen LogP contribution in [-0.4, -0.2) is 12.5 Å². The average Bonchev–Trinajstić information content (AvgIpc) is 2.30. The molecule has 1 fully saturated rings. The van der Waals surface area contributed by atoms with Crippen molar-refractivity contribution in [2.45, 2.75) is 30.6 Å². The fourth-order valence-electron chi connectivity index (χ4n) is 2.15. The summed E-state index contributed by atoms with van der Waals surface area (Å²) in [7, 11) is 0. The van der Waals surface area contributed by atoms with Crippen LogP contribution < -0.4 is 4.90 Å². The second-order valence-corrected chi connectivity index (χ2v) is 5.03. The van der Waals surface area contributed by atoms with Crippen molar-refractivity contribution in [3.8, 4) is 0 Å². The number of hydrogen-bond acceptors (Lipinski definition) is 1. The smallest absolute Gasteiger partial charge is 0.226 e. The Morgan fingerprint density at radius 3 is 2.88 bits per heavy atom. The fraction of sp³-hybridized carbons (Fsp3) is 0.462. The van der Waals surface area contributed by atoms with E-state index < -0.39 is 0 Å². The topological polar surface area (TPSA) is 20.3 Å². The number of benzene rings is 1. The van der Waals surface area contributed by atoms with Crippen LogP contribution in [0.1, 0.15) is 30.4 Å². The first-order chi connectivity index (χ1) is 7.72. The van der Waals surface area contributed by atoms with Gasteiger partial charge in [-0.3, -0.25) is 4.79 Å². The number of halogens is 1. The third kappa shape index (κ3) is 2.39. The lowest BCUT2D eigenvalue weighted by molar-refractivity contribution is -0.119. The normalized spacial score (nSPS) is 16.6. The molecule has 0 aliphatic carbocycles. The number of amides is 1.